The monoisotopic (exact) mass is 499 g/mol. The minimum atomic E-state index is -4.07. The minimum Gasteiger partial charge on any atom is -0.383 e. The fourth-order valence-corrected chi connectivity index (χ4v) is 4.49. The SMILES string of the molecule is CC(=O)c1ccc(S(=O)(=O)N(C)CC(=O)N(C)c2c(N)n(Cc3ccccc3)c(=O)[nH]c2=O)cc1. The highest BCUT2D eigenvalue weighted by atomic mass is 32.2. The number of H-pyrrole nitrogens is 1. The molecule has 35 heavy (non-hydrogen) atoms. The molecule has 3 N–H and O–H groups in total. The van der Waals surface area contributed by atoms with Crippen LogP contribution in [0, 0.1) is 0 Å². The zero-order valence-electron chi connectivity index (χ0n) is 19.4. The summed E-state index contributed by atoms with van der Waals surface area (Å²) in [6, 6.07) is 14.2. The van der Waals surface area contributed by atoms with Crippen molar-refractivity contribution in [3.63, 3.8) is 0 Å². The van der Waals surface area contributed by atoms with Crippen LogP contribution >= 0.6 is 0 Å². The third-order valence-electron chi connectivity index (χ3n) is 5.43. The van der Waals surface area contributed by atoms with E-state index in [0.29, 0.717) is 5.56 Å². The van der Waals surface area contributed by atoms with Crippen molar-refractivity contribution in [3.8, 4) is 0 Å². The first-order chi connectivity index (χ1) is 16.4. The molecule has 0 atom stereocenters. The smallest absolute Gasteiger partial charge is 0.330 e. The van der Waals surface area contributed by atoms with Crippen LogP contribution in [0.1, 0.15) is 22.8 Å². The number of likely N-dealkylation sites (N-methyl/N-ethyl adjacent to an activating group) is 2. The Balaban J connectivity index is 1.86. The second-order valence-electron chi connectivity index (χ2n) is 7.86. The Bertz CT molecular complexity index is 1480. The number of rotatable bonds is 8. The quantitative estimate of drug-likeness (QED) is 0.431. The second kappa shape index (κ2) is 10.1. The molecule has 0 unspecified atom stereocenters. The van der Waals surface area contributed by atoms with Gasteiger partial charge in [0.25, 0.3) is 5.56 Å². The molecular formula is C23H25N5O6S. The van der Waals surface area contributed by atoms with Crippen molar-refractivity contribution >= 4 is 33.2 Å². The van der Waals surface area contributed by atoms with Crippen molar-refractivity contribution in [2.24, 2.45) is 0 Å². The molecule has 11 nitrogen and oxygen atoms in total. The lowest BCUT2D eigenvalue weighted by atomic mass is 10.2. The number of hydrogen-bond donors (Lipinski definition) is 2. The Kier molecular flexibility index (Phi) is 7.37. The largest absolute Gasteiger partial charge is 0.383 e. The molecule has 1 heterocycles. The summed E-state index contributed by atoms with van der Waals surface area (Å²) in [6.45, 7) is 0.812. The molecule has 0 saturated heterocycles. The van der Waals surface area contributed by atoms with E-state index in [1.165, 1.54) is 45.3 Å². The lowest BCUT2D eigenvalue weighted by molar-refractivity contribution is -0.118. The maximum atomic E-state index is 12.9. The van der Waals surface area contributed by atoms with Gasteiger partial charge >= 0.3 is 5.69 Å². The maximum absolute atomic E-state index is 12.9. The zero-order chi connectivity index (χ0) is 25.9. The van der Waals surface area contributed by atoms with Gasteiger partial charge < -0.3 is 10.6 Å². The van der Waals surface area contributed by atoms with Gasteiger partial charge in [0.15, 0.2) is 11.5 Å². The van der Waals surface area contributed by atoms with Crippen LogP contribution in [-0.4, -0.2) is 54.6 Å². The van der Waals surface area contributed by atoms with Crippen molar-refractivity contribution in [1.29, 1.82) is 0 Å². The number of aromatic amines is 1. The number of carbonyl (C=O) groups is 2. The third kappa shape index (κ3) is 5.39. The van der Waals surface area contributed by atoms with Crippen LogP contribution in [0.5, 0.6) is 0 Å². The molecule has 0 bridgehead atoms. The first-order valence-corrected chi connectivity index (χ1v) is 11.9. The van der Waals surface area contributed by atoms with Gasteiger partial charge in [0.2, 0.25) is 15.9 Å². The number of hydrogen-bond acceptors (Lipinski definition) is 7. The Morgan fingerprint density at radius 1 is 1.00 bits per heavy atom. The highest BCUT2D eigenvalue weighted by Crippen LogP contribution is 2.19. The lowest BCUT2D eigenvalue weighted by Crippen LogP contribution is -2.43. The lowest BCUT2D eigenvalue weighted by Gasteiger charge is -2.23. The molecule has 1 aromatic heterocycles. The third-order valence-corrected chi connectivity index (χ3v) is 7.25. The Labute approximate surface area is 201 Å². The number of anilines is 2. The molecule has 0 saturated carbocycles. The summed E-state index contributed by atoms with van der Waals surface area (Å²) in [7, 11) is -1.59. The van der Waals surface area contributed by atoms with E-state index < -0.39 is 33.7 Å². The summed E-state index contributed by atoms with van der Waals surface area (Å²) >= 11 is 0. The molecule has 0 spiro atoms. The van der Waals surface area contributed by atoms with Crippen LogP contribution in [0.25, 0.3) is 0 Å². The minimum absolute atomic E-state index is 0.0574. The van der Waals surface area contributed by atoms with Crippen LogP contribution in [0.2, 0.25) is 0 Å². The second-order valence-corrected chi connectivity index (χ2v) is 9.90. The number of amides is 1. The maximum Gasteiger partial charge on any atom is 0.330 e. The van der Waals surface area contributed by atoms with Gasteiger partial charge in [-0.05, 0) is 24.6 Å². The van der Waals surface area contributed by atoms with Crippen molar-refractivity contribution < 1.29 is 18.0 Å². The average molecular weight is 500 g/mol. The predicted octanol–water partition coefficient (Wildman–Crippen LogP) is 0.653. The first kappa shape index (κ1) is 25.6. The Morgan fingerprint density at radius 3 is 2.17 bits per heavy atom. The fourth-order valence-electron chi connectivity index (χ4n) is 3.37. The highest BCUT2D eigenvalue weighted by molar-refractivity contribution is 7.89. The number of nitrogens with two attached hydrogens (primary N) is 1. The molecular weight excluding hydrogens is 474 g/mol. The predicted molar refractivity (Wildman–Crippen MR) is 131 cm³/mol. The summed E-state index contributed by atoms with van der Waals surface area (Å²) in [6.07, 6.45) is 0. The molecule has 0 aliphatic rings. The standard InChI is InChI=1S/C23H25N5O6S/c1-15(29)17-9-11-18(12-10-17)35(33,34)26(2)14-19(30)27(3)20-21(24)28(23(32)25-22(20)31)13-16-7-5-4-6-8-16/h4-12H,13-14,24H2,1-3H3,(H,25,31,32). The number of ketones is 1. The highest BCUT2D eigenvalue weighted by Gasteiger charge is 2.27. The van der Waals surface area contributed by atoms with E-state index in [1.54, 1.807) is 24.3 Å². The van der Waals surface area contributed by atoms with Crippen LogP contribution in [0.15, 0.2) is 69.1 Å². The summed E-state index contributed by atoms with van der Waals surface area (Å²) in [5.74, 6) is -1.20. The van der Waals surface area contributed by atoms with E-state index in [2.05, 4.69) is 4.98 Å². The van der Waals surface area contributed by atoms with Crippen LogP contribution in [-0.2, 0) is 21.4 Å². The number of sulfonamides is 1. The number of benzene rings is 2. The first-order valence-electron chi connectivity index (χ1n) is 10.4. The van der Waals surface area contributed by atoms with E-state index >= 15 is 0 Å². The molecule has 3 aromatic rings. The summed E-state index contributed by atoms with van der Waals surface area (Å²) in [5, 5.41) is 0. The topological polar surface area (TPSA) is 156 Å². The van der Waals surface area contributed by atoms with E-state index in [-0.39, 0.29) is 28.7 Å². The van der Waals surface area contributed by atoms with Gasteiger partial charge in [-0.25, -0.2) is 13.2 Å². The Morgan fingerprint density at radius 2 is 1.60 bits per heavy atom. The molecule has 0 fully saturated rings. The van der Waals surface area contributed by atoms with Gasteiger partial charge in [-0.3, -0.25) is 23.9 Å². The zero-order valence-corrected chi connectivity index (χ0v) is 20.2. The van der Waals surface area contributed by atoms with Crippen molar-refractivity contribution in [3.05, 3.63) is 86.6 Å². The molecule has 0 aliphatic heterocycles. The van der Waals surface area contributed by atoms with Crippen LogP contribution in [0.3, 0.4) is 0 Å². The van der Waals surface area contributed by atoms with Crippen LogP contribution in [0.4, 0.5) is 11.5 Å². The summed E-state index contributed by atoms with van der Waals surface area (Å²) in [4.78, 5) is 52.2. The molecule has 0 radical (unpaired) electrons. The van der Waals surface area contributed by atoms with E-state index in [1.807, 2.05) is 6.07 Å². The average Bonchev–Trinajstić information content (AvgIpc) is 2.82. The molecule has 184 valence electrons. The van der Waals surface area contributed by atoms with E-state index in [0.717, 1.165) is 19.3 Å². The van der Waals surface area contributed by atoms with Crippen molar-refractivity contribution in [2.75, 3.05) is 31.3 Å². The van der Waals surface area contributed by atoms with Gasteiger partial charge in [0, 0.05) is 19.7 Å². The van der Waals surface area contributed by atoms with E-state index in [9.17, 15) is 27.6 Å². The fraction of sp³-hybridized carbons (Fsp3) is 0.217. The number of nitrogen functional groups attached to an aromatic ring is 1. The number of aromatic nitrogens is 2. The molecule has 3 rings (SSSR count). The van der Waals surface area contributed by atoms with Crippen molar-refractivity contribution in [2.45, 2.75) is 18.4 Å². The summed E-state index contributed by atoms with van der Waals surface area (Å²) in [5.41, 5.74) is 5.31. The van der Waals surface area contributed by atoms with Crippen molar-refractivity contribution in [1.82, 2.24) is 13.9 Å². The van der Waals surface area contributed by atoms with Gasteiger partial charge in [0.05, 0.1) is 18.0 Å². The van der Waals surface area contributed by atoms with Gasteiger partial charge in [0.1, 0.15) is 5.82 Å². The van der Waals surface area contributed by atoms with E-state index in [4.69, 9.17) is 5.73 Å². The summed E-state index contributed by atoms with van der Waals surface area (Å²) < 4.78 is 27.7. The van der Waals surface area contributed by atoms with Crippen LogP contribution < -0.4 is 21.9 Å². The molecule has 2 aromatic carbocycles. The number of nitrogens with one attached hydrogen (secondary N) is 1. The number of nitrogens with zero attached hydrogens (tertiary/aromatic N) is 3. The normalized spacial score (nSPS) is 11.4. The molecule has 12 heteroatoms. The number of carbonyl (C=O) groups excluding carboxylic acids is 2. The van der Waals surface area contributed by atoms with Gasteiger partial charge in [-0.1, -0.05) is 42.5 Å². The van der Waals surface area contributed by atoms with Gasteiger partial charge in [-0.2, -0.15) is 4.31 Å². The Hall–Kier alpha value is -4.03. The number of Topliss-reactive ketones (excluding diaryl/α,β-unsaturated/α-hetero) is 1. The van der Waals surface area contributed by atoms with Gasteiger partial charge in [-0.15, -0.1) is 0 Å². The molecule has 1 amide bonds. The molecule has 0 aliphatic carbocycles.